The molecule has 0 unspecified atom stereocenters. The number of amides is 1. The predicted octanol–water partition coefficient (Wildman–Crippen LogP) is 3.25. The van der Waals surface area contributed by atoms with E-state index in [0.29, 0.717) is 28.9 Å². The monoisotopic (exact) mass is 473 g/mol. The molecule has 0 aromatic carbocycles. The Kier molecular flexibility index (Phi) is 6.31. The van der Waals surface area contributed by atoms with Crippen molar-refractivity contribution in [2.75, 3.05) is 20.2 Å². The molecular weight excluding hydrogens is 442 g/mol. The normalized spacial score (nSPS) is 21.2. The molecule has 0 spiro atoms. The molecule has 2 fully saturated rings. The van der Waals surface area contributed by atoms with Crippen LogP contribution in [0.5, 0.6) is 5.75 Å². The summed E-state index contributed by atoms with van der Waals surface area (Å²) in [7, 11) is 1.61. The van der Waals surface area contributed by atoms with Gasteiger partial charge in [-0.2, -0.15) is 15.5 Å². The summed E-state index contributed by atoms with van der Waals surface area (Å²) in [5.74, 6) is 0.547. The maximum atomic E-state index is 11.6. The highest BCUT2D eigenvalue weighted by Crippen LogP contribution is 2.34. The molecule has 3 aromatic rings. The molecule has 1 aliphatic heterocycles. The van der Waals surface area contributed by atoms with E-state index in [1.807, 2.05) is 18.5 Å². The fraction of sp³-hybridized carbons (Fsp3) is 0.462. The van der Waals surface area contributed by atoms with Gasteiger partial charge in [-0.05, 0) is 51.2 Å². The van der Waals surface area contributed by atoms with Crippen molar-refractivity contribution in [3.05, 3.63) is 48.6 Å². The summed E-state index contributed by atoms with van der Waals surface area (Å²) in [6, 6.07) is 5.28. The SMILES string of the molecule is C=CC(=O)N[C@@H]1CC[C@@H](N2CCC(n3ncc(-c4cc(OC)c5c(C#N)cnn5c4)c3C)CC2)C1. The lowest BCUT2D eigenvalue weighted by Gasteiger charge is -2.36. The smallest absolute Gasteiger partial charge is 0.243 e. The third-order valence-electron chi connectivity index (χ3n) is 7.57. The fourth-order valence-corrected chi connectivity index (χ4v) is 5.72. The van der Waals surface area contributed by atoms with Gasteiger partial charge in [-0.15, -0.1) is 0 Å². The van der Waals surface area contributed by atoms with E-state index in [1.165, 1.54) is 6.08 Å². The highest BCUT2D eigenvalue weighted by Gasteiger charge is 2.33. The first-order valence-electron chi connectivity index (χ1n) is 12.2. The van der Waals surface area contributed by atoms with E-state index in [9.17, 15) is 10.1 Å². The Labute approximate surface area is 205 Å². The molecule has 9 nitrogen and oxygen atoms in total. The number of nitrogens with zero attached hydrogens (tertiary/aromatic N) is 6. The number of aromatic nitrogens is 4. The largest absolute Gasteiger partial charge is 0.494 e. The number of fused-ring (bicyclic) bond motifs is 1. The Morgan fingerprint density at radius 3 is 2.74 bits per heavy atom. The van der Waals surface area contributed by atoms with E-state index in [-0.39, 0.29) is 11.9 Å². The van der Waals surface area contributed by atoms with Gasteiger partial charge in [0.05, 0.1) is 25.5 Å². The van der Waals surface area contributed by atoms with Gasteiger partial charge >= 0.3 is 0 Å². The summed E-state index contributed by atoms with van der Waals surface area (Å²) in [6.45, 7) is 7.74. The lowest BCUT2D eigenvalue weighted by atomic mass is 10.0. The van der Waals surface area contributed by atoms with Crippen LogP contribution in [-0.2, 0) is 4.79 Å². The molecule has 1 saturated heterocycles. The number of likely N-dealkylation sites (tertiary alicyclic amines) is 1. The van der Waals surface area contributed by atoms with Crippen LogP contribution in [0, 0.1) is 18.3 Å². The summed E-state index contributed by atoms with van der Waals surface area (Å²) in [5.41, 5.74) is 4.28. The van der Waals surface area contributed by atoms with Gasteiger partial charge in [-0.25, -0.2) is 4.52 Å². The van der Waals surface area contributed by atoms with Gasteiger partial charge in [0.2, 0.25) is 5.91 Å². The Morgan fingerprint density at radius 1 is 1.23 bits per heavy atom. The molecule has 0 radical (unpaired) electrons. The van der Waals surface area contributed by atoms with Gasteiger partial charge in [0.25, 0.3) is 0 Å². The summed E-state index contributed by atoms with van der Waals surface area (Å²) in [4.78, 5) is 14.2. The van der Waals surface area contributed by atoms with Crippen molar-refractivity contribution in [2.24, 2.45) is 0 Å². The van der Waals surface area contributed by atoms with Crippen LogP contribution in [0.25, 0.3) is 16.6 Å². The zero-order valence-electron chi connectivity index (χ0n) is 20.3. The van der Waals surface area contributed by atoms with Crippen molar-refractivity contribution in [3.8, 4) is 22.9 Å². The van der Waals surface area contributed by atoms with Crippen LogP contribution in [0.1, 0.15) is 49.4 Å². The standard InChI is InChI=1S/C26H31N7O2/c1-4-25(34)30-20-5-6-22(12-20)31-9-7-21(8-10-31)33-17(2)23(15-29-33)18-11-24(35-3)26-19(13-27)14-28-32(26)16-18/h4,11,14-16,20-22H,1,5-10,12H2,2-3H3,(H,30,34)/t20-,22-/m1/s1. The maximum Gasteiger partial charge on any atom is 0.243 e. The average molecular weight is 474 g/mol. The molecule has 9 heteroatoms. The van der Waals surface area contributed by atoms with E-state index >= 15 is 0 Å². The highest BCUT2D eigenvalue weighted by atomic mass is 16.5. The molecule has 1 amide bonds. The number of piperidine rings is 1. The average Bonchev–Trinajstić information content (AvgIpc) is 3.61. The van der Waals surface area contributed by atoms with E-state index in [2.05, 4.69) is 39.6 Å². The minimum atomic E-state index is -0.0749. The van der Waals surface area contributed by atoms with E-state index in [1.54, 1.807) is 17.8 Å². The van der Waals surface area contributed by atoms with Crippen LogP contribution in [0.4, 0.5) is 0 Å². The molecule has 3 aromatic heterocycles. The van der Waals surface area contributed by atoms with Crippen LogP contribution < -0.4 is 10.1 Å². The van der Waals surface area contributed by atoms with Crippen molar-refractivity contribution in [1.82, 2.24) is 29.6 Å². The molecule has 182 valence electrons. The van der Waals surface area contributed by atoms with Gasteiger partial charge in [0, 0.05) is 48.2 Å². The molecular formula is C26H31N7O2. The predicted molar refractivity (Wildman–Crippen MR) is 132 cm³/mol. The zero-order chi connectivity index (χ0) is 24.5. The summed E-state index contributed by atoms with van der Waals surface area (Å²) >= 11 is 0. The molecule has 4 heterocycles. The second-order valence-electron chi connectivity index (χ2n) is 9.49. The number of hydrogen-bond donors (Lipinski definition) is 1. The molecule has 1 N–H and O–H groups in total. The van der Waals surface area contributed by atoms with Crippen LogP contribution >= 0.6 is 0 Å². The number of ether oxygens (including phenoxy) is 1. The second kappa shape index (κ2) is 9.55. The van der Waals surface area contributed by atoms with Crippen LogP contribution in [0.2, 0.25) is 0 Å². The lowest BCUT2D eigenvalue weighted by molar-refractivity contribution is -0.117. The lowest BCUT2D eigenvalue weighted by Crippen LogP contribution is -2.42. The van der Waals surface area contributed by atoms with Gasteiger partial charge < -0.3 is 15.0 Å². The fourth-order valence-electron chi connectivity index (χ4n) is 5.72. The number of carbonyl (C=O) groups excluding carboxylic acids is 1. The van der Waals surface area contributed by atoms with Gasteiger partial charge in [0.15, 0.2) is 0 Å². The van der Waals surface area contributed by atoms with Gasteiger partial charge in [0.1, 0.15) is 22.9 Å². The minimum Gasteiger partial charge on any atom is -0.494 e. The van der Waals surface area contributed by atoms with E-state index in [4.69, 9.17) is 9.84 Å². The van der Waals surface area contributed by atoms with E-state index in [0.717, 1.165) is 62.0 Å². The van der Waals surface area contributed by atoms with Crippen molar-refractivity contribution in [1.29, 1.82) is 5.26 Å². The van der Waals surface area contributed by atoms with Crippen molar-refractivity contribution >= 4 is 11.4 Å². The van der Waals surface area contributed by atoms with Gasteiger partial charge in [-0.3, -0.25) is 9.48 Å². The summed E-state index contributed by atoms with van der Waals surface area (Å²) in [6.07, 6.45) is 12.0. The first-order chi connectivity index (χ1) is 17.0. The van der Waals surface area contributed by atoms with Crippen LogP contribution in [0.3, 0.4) is 0 Å². The molecule has 2 aliphatic rings. The Balaban J connectivity index is 1.28. The first kappa shape index (κ1) is 23.1. The number of methoxy groups -OCH3 is 1. The second-order valence-corrected chi connectivity index (χ2v) is 9.49. The topological polar surface area (TPSA) is 100 Å². The zero-order valence-corrected chi connectivity index (χ0v) is 20.3. The number of pyridine rings is 1. The molecule has 2 atom stereocenters. The molecule has 35 heavy (non-hydrogen) atoms. The number of nitrogens with one attached hydrogen (secondary N) is 1. The molecule has 1 aliphatic carbocycles. The summed E-state index contributed by atoms with van der Waals surface area (Å²) < 4.78 is 9.44. The number of hydrogen-bond acceptors (Lipinski definition) is 6. The van der Waals surface area contributed by atoms with Crippen molar-refractivity contribution in [3.63, 3.8) is 0 Å². The number of nitriles is 1. The first-order valence-corrected chi connectivity index (χ1v) is 12.2. The number of carbonyl (C=O) groups is 1. The maximum absolute atomic E-state index is 11.6. The quantitative estimate of drug-likeness (QED) is 0.552. The molecule has 1 saturated carbocycles. The Morgan fingerprint density at radius 2 is 2.03 bits per heavy atom. The van der Waals surface area contributed by atoms with E-state index < -0.39 is 0 Å². The minimum absolute atomic E-state index is 0.0749. The number of rotatable bonds is 6. The van der Waals surface area contributed by atoms with Gasteiger partial charge in [-0.1, -0.05) is 6.58 Å². The third kappa shape index (κ3) is 4.30. The summed E-state index contributed by atoms with van der Waals surface area (Å²) in [5, 5.41) is 21.5. The molecule has 5 rings (SSSR count). The Bertz CT molecular complexity index is 1290. The van der Waals surface area contributed by atoms with Crippen molar-refractivity contribution < 1.29 is 9.53 Å². The van der Waals surface area contributed by atoms with Crippen molar-refractivity contribution in [2.45, 2.75) is 57.2 Å². The van der Waals surface area contributed by atoms with Crippen LogP contribution in [-0.4, -0.2) is 62.5 Å². The third-order valence-corrected chi connectivity index (χ3v) is 7.57. The highest BCUT2D eigenvalue weighted by molar-refractivity contribution is 5.87. The Hall–Kier alpha value is -3.64. The van der Waals surface area contributed by atoms with Crippen LogP contribution in [0.15, 0.2) is 37.3 Å². The molecule has 0 bridgehead atoms.